The number of amides is 1. The van der Waals surface area contributed by atoms with Crippen LogP contribution in [0.4, 0.5) is 17.2 Å². The van der Waals surface area contributed by atoms with E-state index in [9.17, 15) is 4.79 Å². The van der Waals surface area contributed by atoms with Crippen LogP contribution >= 0.6 is 11.6 Å². The van der Waals surface area contributed by atoms with Crippen molar-refractivity contribution in [2.75, 3.05) is 30.0 Å². The van der Waals surface area contributed by atoms with Crippen molar-refractivity contribution in [3.63, 3.8) is 0 Å². The van der Waals surface area contributed by atoms with Crippen LogP contribution in [-0.2, 0) is 0 Å². The molecule has 1 atom stereocenters. The molecule has 7 heteroatoms. The topological polar surface area (TPSA) is 80.5 Å². The summed E-state index contributed by atoms with van der Waals surface area (Å²) >= 11 is 5.97. The highest BCUT2D eigenvalue weighted by Gasteiger charge is 2.13. The molecule has 29 heavy (non-hydrogen) atoms. The van der Waals surface area contributed by atoms with Crippen molar-refractivity contribution >= 4 is 34.7 Å². The Morgan fingerprint density at radius 1 is 1.17 bits per heavy atom. The molecule has 0 aliphatic carbocycles. The number of nitrogens with one attached hydrogen (secondary N) is 1. The number of hydrogen-bond acceptors (Lipinski definition) is 5. The van der Waals surface area contributed by atoms with Gasteiger partial charge in [0.25, 0.3) is 5.91 Å². The highest BCUT2D eigenvalue weighted by molar-refractivity contribution is 6.30. The van der Waals surface area contributed by atoms with Crippen molar-refractivity contribution in [1.82, 2.24) is 4.98 Å². The van der Waals surface area contributed by atoms with Crippen LogP contribution in [0, 0.1) is 0 Å². The molecule has 1 unspecified atom stereocenters. The maximum Gasteiger partial charge on any atom is 0.255 e. The minimum absolute atomic E-state index is 0.178. The molecule has 1 aromatic heterocycles. The molecule has 1 amide bonds. The summed E-state index contributed by atoms with van der Waals surface area (Å²) < 4.78 is 5.91. The molecule has 0 aliphatic rings. The van der Waals surface area contributed by atoms with Crippen molar-refractivity contribution in [2.24, 2.45) is 0 Å². The molecule has 0 saturated heterocycles. The number of rotatable bonds is 6. The van der Waals surface area contributed by atoms with Gasteiger partial charge < -0.3 is 20.7 Å². The molecular formula is C22H23ClN4O2. The Kier molecular flexibility index (Phi) is 6.24. The van der Waals surface area contributed by atoms with Gasteiger partial charge in [-0.05, 0) is 42.8 Å². The number of ether oxygens (including phenoxy) is 1. The summed E-state index contributed by atoms with van der Waals surface area (Å²) in [7, 11) is 3.87. The third-order valence-electron chi connectivity index (χ3n) is 4.39. The van der Waals surface area contributed by atoms with E-state index in [4.69, 9.17) is 22.1 Å². The molecule has 0 radical (unpaired) electrons. The maximum atomic E-state index is 12.6. The Morgan fingerprint density at radius 2 is 1.93 bits per heavy atom. The second-order valence-electron chi connectivity index (χ2n) is 6.82. The average Bonchev–Trinajstić information content (AvgIpc) is 2.71. The molecule has 3 aromatic rings. The normalized spacial score (nSPS) is 11.6. The van der Waals surface area contributed by atoms with Crippen LogP contribution < -0.4 is 20.7 Å². The highest BCUT2D eigenvalue weighted by atomic mass is 35.5. The lowest BCUT2D eigenvalue weighted by atomic mass is 10.1. The van der Waals surface area contributed by atoms with E-state index in [0.29, 0.717) is 22.0 Å². The molecule has 3 N–H and O–H groups in total. The number of hydrogen-bond donors (Lipinski definition) is 2. The van der Waals surface area contributed by atoms with Crippen LogP contribution in [0.3, 0.4) is 0 Å². The van der Waals surface area contributed by atoms with E-state index in [1.807, 2.05) is 68.4 Å². The number of carbonyl (C=O) groups is 1. The largest absolute Gasteiger partial charge is 0.482 e. The average molecular weight is 411 g/mol. The molecule has 0 saturated carbocycles. The molecule has 1 heterocycles. The first kappa shape index (κ1) is 20.5. The van der Waals surface area contributed by atoms with Gasteiger partial charge in [-0.2, -0.15) is 0 Å². The zero-order valence-corrected chi connectivity index (χ0v) is 17.3. The molecule has 0 aliphatic heterocycles. The van der Waals surface area contributed by atoms with Gasteiger partial charge in [-0.15, -0.1) is 0 Å². The number of nitrogen functional groups attached to an aromatic ring is 1. The quantitative estimate of drug-likeness (QED) is 0.611. The molecular weight excluding hydrogens is 388 g/mol. The van der Waals surface area contributed by atoms with Crippen molar-refractivity contribution in [1.29, 1.82) is 0 Å². The predicted octanol–water partition coefficient (Wildman–Crippen LogP) is 4.78. The Morgan fingerprint density at radius 3 is 2.69 bits per heavy atom. The minimum Gasteiger partial charge on any atom is -0.482 e. The fraction of sp³-hybridized carbons (Fsp3) is 0.182. The fourth-order valence-corrected chi connectivity index (χ4v) is 2.93. The molecule has 0 spiro atoms. The summed E-state index contributed by atoms with van der Waals surface area (Å²) in [6.45, 7) is 1.89. The number of pyridine rings is 1. The third-order valence-corrected chi connectivity index (χ3v) is 4.60. The number of halogens is 1. The predicted molar refractivity (Wildman–Crippen MR) is 118 cm³/mol. The van der Waals surface area contributed by atoms with Crippen molar-refractivity contribution in [3.05, 3.63) is 76.9 Å². The van der Waals surface area contributed by atoms with Crippen LogP contribution in [0.2, 0.25) is 5.02 Å². The first-order valence-corrected chi connectivity index (χ1v) is 9.47. The molecule has 3 rings (SSSR count). The third kappa shape index (κ3) is 5.18. The van der Waals surface area contributed by atoms with Gasteiger partial charge in [0.05, 0.1) is 5.02 Å². The van der Waals surface area contributed by atoms with E-state index in [-0.39, 0.29) is 17.8 Å². The van der Waals surface area contributed by atoms with Crippen molar-refractivity contribution in [3.8, 4) is 5.75 Å². The van der Waals surface area contributed by atoms with E-state index in [1.165, 1.54) is 6.20 Å². The number of aromatic nitrogens is 1. The molecule has 2 aromatic carbocycles. The Labute approximate surface area is 175 Å². The molecule has 150 valence electrons. The van der Waals surface area contributed by atoms with Gasteiger partial charge in [0.2, 0.25) is 0 Å². The van der Waals surface area contributed by atoms with Gasteiger partial charge in [-0.3, -0.25) is 4.79 Å². The second kappa shape index (κ2) is 8.84. The summed E-state index contributed by atoms with van der Waals surface area (Å²) in [4.78, 5) is 18.6. The molecule has 0 fully saturated rings. The monoisotopic (exact) mass is 410 g/mol. The van der Waals surface area contributed by atoms with Gasteiger partial charge in [0.15, 0.2) is 11.6 Å². The summed E-state index contributed by atoms with van der Waals surface area (Å²) in [6, 6.07) is 16.6. The molecule has 0 bridgehead atoms. The Balaban J connectivity index is 1.74. The highest BCUT2D eigenvalue weighted by Crippen LogP contribution is 2.29. The smallest absolute Gasteiger partial charge is 0.255 e. The van der Waals surface area contributed by atoms with E-state index >= 15 is 0 Å². The van der Waals surface area contributed by atoms with Gasteiger partial charge in [0, 0.05) is 43.3 Å². The first-order valence-electron chi connectivity index (χ1n) is 9.10. The van der Waals surface area contributed by atoms with Gasteiger partial charge in [-0.1, -0.05) is 29.8 Å². The Hall–Kier alpha value is -3.25. The minimum atomic E-state index is -0.313. The van der Waals surface area contributed by atoms with Crippen LogP contribution in [-0.4, -0.2) is 25.0 Å². The van der Waals surface area contributed by atoms with E-state index in [0.717, 1.165) is 11.3 Å². The van der Waals surface area contributed by atoms with Crippen LogP contribution in [0.5, 0.6) is 5.75 Å². The standard InChI is InChI=1S/C22H23ClN4O2/c1-14(29-20-12-17(23)13-25-21(20)24)15-6-4-8-18(10-15)26-22(28)16-7-5-9-19(11-16)27(2)3/h4-14H,1-3H3,(H2,24,25)(H,26,28). The number of carbonyl (C=O) groups excluding carboxylic acids is 1. The zero-order chi connectivity index (χ0) is 21.0. The fourth-order valence-electron chi connectivity index (χ4n) is 2.78. The number of anilines is 3. The van der Waals surface area contributed by atoms with E-state index < -0.39 is 0 Å². The molecule has 6 nitrogen and oxygen atoms in total. The van der Waals surface area contributed by atoms with Gasteiger partial charge >= 0.3 is 0 Å². The van der Waals surface area contributed by atoms with Crippen molar-refractivity contribution < 1.29 is 9.53 Å². The second-order valence-corrected chi connectivity index (χ2v) is 7.26. The summed E-state index contributed by atoms with van der Waals surface area (Å²) in [5, 5.41) is 3.38. The van der Waals surface area contributed by atoms with Crippen LogP contribution in [0.1, 0.15) is 28.9 Å². The SMILES string of the molecule is CC(Oc1cc(Cl)cnc1N)c1cccc(NC(=O)c2cccc(N(C)C)c2)c1. The van der Waals surface area contributed by atoms with Crippen molar-refractivity contribution in [2.45, 2.75) is 13.0 Å². The van der Waals surface area contributed by atoms with Gasteiger partial charge in [0.1, 0.15) is 6.10 Å². The zero-order valence-electron chi connectivity index (χ0n) is 16.5. The summed E-state index contributed by atoms with van der Waals surface area (Å²) in [5.74, 6) is 0.508. The Bertz CT molecular complexity index is 1020. The lowest BCUT2D eigenvalue weighted by molar-refractivity contribution is 0.102. The summed E-state index contributed by atoms with van der Waals surface area (Å²) in [5.41, 5.74) is 8.96. The lowest BCUT2D eigenvalue weighted by Crippen LogP contribution is -2.14. The van der Waals surface area contributed by atoms with E-state index in [2.05, 4.69) is 10.3 Å². The van der Waals surface area contributed by atoms with E-state index in [1.54, 1.807) is 12.1 Å². The van der Waals surface area contributed by atoms with Gasteiger partial charge in [-0.25, -0.2) is 4.98 Å². The number of nitrogens with zero attached hydrogens (tertiary/aromatic N) is 2. The lowest BCUT2D eigenvalue weighted by Gasteiger charge is -2.17. The van der Waals surface area contributed by atoms with Crippen LogP contribution in [0.25, 0.3) is 0 Å². The number of nitrogens with two attached hydrogens (primary N) is 1. The maximum absolute atomic E-state index is 12.6. The van der Waals surface area contributed by atoms with Crippen LogP contribution in [0.15, 0.2) is 60.8 Å². The number of benzene rings is 2. The summed E-state index contributed by atoms with van der Waals surface area (Å²) in [6.07, 6.45) is 1.15. The first-order chi connectivity index (χ1) is 13.8.